The zero-order valence-corrected chi connectivity index (χ0v) is 15.0. The van der Waals surface area contributed by atoms with Crippen LogP contribution < -0.4 is 15.3 Å². The van der Waals surface area contributed by atoms with E-state index < -0.39 is 0 Å². The van der Waals surface area contributed by atoms with Crippen molar-refractivity contribution >= 4 is 11.8 Å². The molecule has 0 aliphatic heterocycles. The molecule has 0 aliphatic rings. The molecule has 0 unspecified atom stereocenters. The number of rotatable bonds is 8. The third-order valence-electron chi connectivity index (χ3n) is 3.48. The van der Waals surface area contributed by atoms with Gasteiger partial charge in [-0.1, -0.05) is 11.8 Å². The molecular weight excluding hydrogens is 369 g/mol. The van der Waals surface area contributed by atoms with Crippen molar-refractivity contribution in [2.45, 2.75) is 11.8 Å². The molecular formula is C18H16FN5O2S. The lowest BCUT2D eigenvalue weighted by atomic mass is 10.2. The lowest BCUT2D eigenvalue weighted by Crippen LogP contribution is -2.16. The molecule has 1 aromatic heterocycles. The van der Waals surface area contributed by atoms with Gasteiger partial charge in [-0.2, -0.15) is 5.26 Å². The van der Waals surface area contributed by atoms with Gasteiger partial charge in [-0.05, 0) is 48.5 Å². The fourth-order valence-corrected chi connectivity index (χ4v) is 2.79. The van der Waals surface area contributed by atoms with E-state index in [1.165, 1.54) is 40.7 Å². The van der Waals surface area contributed by atoms with Crippen LogP contribution in [-0.2, 0) is 6.61 Å². The number of nitrogens with zero attached hydrogens (tertiary/aromatic N) is 4. The molecule has 1 heterocycles. The first-order valence-corrected chi connectivity index (χ1v) is 8.98. The first-order chi connectivity index (χ1) is 13.2. The van der Waals surface area contributed by atoms with E-state index in [-0.39, 0.29) is 12.4 Å². The quantitative estimate of drug-likeness (QED) is 0.362. The Kier molecular flexibility index (Phi) is 6.12. The summed E-state index contributed by atoms with van der Waals surface area (Å²) in [7, 11) is 0. The van der Waals surface area contributed by atoms with Crippen molar-refractivity contribution in [3.8, 4) is 17.6 Å². The van der Waals surface area contributed by atoms with Crippen molar-refractivity contribution in [1.82, 2.24) is 14.9 Å². The molecule has 9 heteroatoms. The predicted octanol–water partition coefficient (Wildman–Crippen LogP) is 2.75. The van der Waals surface area contributed by atoms with Crippen LogP contribution >= 0.6 is 11.8 Å². The Balaban J connectivity index is 1.45. The Hall–Kier alpha value is -3.25. The van der Waals surface area contributed by atoms with E-state index in [2.05, 4.69) is 16.3 Å². The van der Waals surface area contributed by atoms with E-state index >= 15 is 0 Å². The first-order valence-electron chi connectivity index (χ1n) is 7.99. The molecule has 7 nitrogen and oxygen atoms in total. The monoisotopic (exact) mass is 385 g/mol. The molecule has 0 atom stereocenters. The molecule has 0 radical (unpaired) electrons. The van der Waals surface area contributed by atoms with Crippen LogP contribution in [0.15, 0.2) is 53.7 Å². The van der Waals surface area contributed by atoms with Gasteiger partial charge in [0.1, 0.15) is 23.9 Å². The summed E-state index contributed by atoms with van der Waals surface area (Å²) in [5, 5.41) is 17.3. The highest BCUT2D eigenvalue weighted by Crippen LogP contribution is 2.18. The van der Waals surface area contributed by atoms with Crippen molar-refractivity contribution in [2.24, 2.45) is 0 Å². The number of benzene rings is 2. The number of ether oxygens (including phenoxy) is 2. The van der Waals surface area contributed by atoms with Crippen LogP contribution in [0, 0.1) is 17.1 Å². The molecule has 138 valence electrons. The van der Waals surface area contributed by atoms with Gasteiger partial charge in [0.15, 0.2) is 5.82 Å². The standard InChI is InChI=1S/C18H16FN5O2S/c19-14-3-7-16(8-4-14)26-12-17-22-23-18(24(17)21)27-10-9-25-15-5-1-13(11-20)2-6-15/h1-8H,9-10,12,21H2. The van der Waals surface area contributed by atoms with Crippen LogP contribution in [-0.4, -0.2) is 27.2 Å². The molecule has 0 fully saturated rings. The number of halogens is 1. The molecule has 0 saturated heterocycles. The smallest absolute Gasteiger partial charge is 0.210 e. The minimum atomic E-state index is -0.328. The summed E-state index contributed by atoms with van der Waals surface area (Å²) in [6, 6.07) is 14.7. The zero-order valence-electron chi connectivity index (χ0n) is 14.2. The number of thioether (sulfide) groups is 1. The summed E-state index contributed by atoms with van der Waals surface area (Å²) >= 11 is 1.40. The number of hydrogen-bond donors (Lipinski definition) is 1. The van der Waals surface area contributed by atoms with Crippen molar-refractivity contribution in [1.29, 1.82) is 5.26 Å². The Morgan fingerprint density at radius 1 is 1.04 bits per heavy atom. The molecule has 0 amide bonds. The van der Waals surface area contributed by atoms with E-state index in [0.29, 0.717) is 40.4 Å². The number of nitrogens with two attached hydrogens (primary N) is 1. The maximum atomic E-state index is 12.9. The highest BCUT2D eigenvalue weighted by molar-refractivity contribution is 7.99. The Morgan fingerprint density at radius 3 is 2.41 bits per heavy atom. The van der Waals surface area contributed by atoms with Crippen molar-refractivity contribution in [3.05, 3.63) is 65.7 Å². The Labute approximate surface area is 159 Å². The molecule has 2 aromatic carbocycles. The number of aromatic nitrogens is 3. The number of nitrogen functional groups attached to an aromatic ring is 1. The second-order valence-corrected chi connectivity index (χ2v) is 6.41. The van der Waals surface area contributed by atoms with Gasteiger partial charge >= 0.3 is 0 Å². The minimum absolute atomic E-state index is 0.122. The van der Waals surface area contributed by atoms with Crippen LogP contribution in [0.1, 0.15) is 11.4 Å². The molecule has 0 saturated carbocycles. The fraction of sp³-hybridized carbons (Fsp3) is 0.167. The molecule has 27 heavy (non-hydrogen) atoms. The lowest BCUT2D eigenvalue weighted by molar-refractivity contribution is 0.291. The SMILES string of the molecule is N#Cc1ccc(OCCSc2nnc(COc3ccc(F)cc3)n2N)cc1. The normalized spacial score (nSPS) is 10.4. The first kappa shape index (κ1) is 18.5. The minimum Gasteiger partial charge on any atom is -0.493 e. The molecule has 0 aliphatic carbocycles. The van der Waals surface area contributed by atoms with Crippen LogP contribution in [0.2, 0.25) is 0 Å². The topological polar surface area (TPSA) is 99.0 Å². The van der Waals surface area contributed by atoms with E-state index in [1.54, 1.807) is 24.3 Å². The molecule has 3 aromatic rings. The van der Waals surface area contributed by atoms with Crippen LogP contribution in [0.25, 0.3) is 0 Å². The summed E-state index contributed by atoms with van der Waals surface area (Å²) in [6.45, 7) is 0.572. The van der Waals surface area contributed by atoms with Crippen LogP contribution in [0.4, 0.5) is 4.39 Å². The van der Waals surface area contributed by atoms with Gasteiger partial charge in [0.2, 0.25) is 5.16 Å². The van der Waals surface area contributed by atoms with Crippen molar-refractivity contribution in [3.63, 3.8) is 0 Å². The van der Waals surface area contributed by atoms with Gasteiger partial charge in [-0.15, -0.1) is 10.2 Å². The summed E-state index contributed by atoms with van der Waals surface area (Å²) in [5.74, 6) is 7.93. The van der Waals surface area contributed by atoms with Crippen molar-refractivity contribution in [2.75, 3.05) is 18.2 Å². The summed E-state index contributed by atoms with van der Waals surface area (Å²) in [5.41, 5.74) is 0.586. The highest BCUT2D eigenvalue weighted by Gasteiger charge is 2.11. The number of hydrogen-bond acceptors (Lipinski definition) is 7. The highest BCUT2D eigenvalue weighted by atomic mass is 32.2. The molecule has 0 spiro atoms. The van der Waals surface area contributed by atoms with Crippen LogP contribution in [0.3, 0.4) is 0 Å². The fourth-order valence-electron chi connectivity index (χ4n) is 2.10. The average molecular weight is 385 g/mol. The number of nitriles is 1. The second-order valence-electron chi connectivity index (χ2n) is 5.34. The summed E-state index contributed by atoms with van der Waals surface area (Å²) in [4.78, 5) is 0. The maximum absolute atomic E-state index is 12.9. The second kappa shape index (κ2) is 8.91. The summed E-state index contributed by atoms with van der Waals surface area (Å²) < 4.78 is 25.4. The molecule has 2 N–H and O–H groups in total. The van der Waals surface area contributed by atoms with Crippen molar-refractivity contribution < 1.29 is 13.9 Å². The van der Waals surface area contributed by atoms with Gasteiger partial charge in [-0.3, -0.25) is 0 Å². The van der Waals surface area contributed by atoms with Gasteiger partial charge in [0.05, 0.1) is 18.2 Å². The van der Waals surface area contributed by atoms with Gasteiger partial charge in [0.25, 0.3) is 0 Å². The van der Waals surface area contributed by atoms with Gasteiger partial charge < -0.3 is 15.3 Å². The average Bonchev–Trinajstić information content (AvgIpc) is 3.05. The Bertz CT molecular complexity index is 922. The zero-order chi connectivity index (χ0) is 19.1. The van der Waals surface area contributed by atoms with E-state index in [0.717, 1.165) is 0 Å². The summed E-state index contributed by atoms with van der Waals surface area (Å²) in [6.07, 6.45) is 0. The van der Waals surface area contributed by atoms with E-state index in [1.807, 2.05) is 0 Å². The van der Waals surface area contributed by atoms with Gasteiger partial charge in [-0.25, -0.2) is 9.07 Å². The van der Waals surface area contributed by atoms with Crippen LogP contribution in [0.5, 0.6) is 11.5 Å². The third kappa shape index (κ3) is 5.12. The molecule has 3 rings (SSSR count). The maximum Gasteiger partial charge on any atom is 0.210 e. The van der Waals surface area contributed by atoms with Gasteiger partial charge in [0, 0.05) is 5.75 Å². The van der Waals surface area contributed by atoms with E-state index in [9.17, 15) is 4.39 Å². The predicted molar refractivity (Wildman–Crippen MR) is 98.3 cm³/mol. The third-order valence-corrected chi connectivity index (χ3v) is 4.39. The lowest BCUT2D eigenvalue weighted by Gasteiger charge is -2.07. The largest absolute Gasteiger partial charge is 0.493 e. The molecule has 0 bridgehead atoms. The Morgan fingerprint density at radius 2 is 1.70 bits per heavy atom. The van der Waals surface area contributed by atoms with E-state index in [4.69, 9.17) is 20.6 Å².